The summed E-state index contributed by atoms with van der Waals surface area (Å²) >= 11 is 0. The van der Waals surface area contributed by atoms with Crippen molar-refractivity contribution in [1.82, 2.24) is 14.9 Å². The molecular formula is C23H26N4O. The first-order valence-electron chi connectivity index (χ1n) is 9.51. The van der Waals surface area contributed by atoms with E-state index in [1.54, 1.807) is 6.07 Å². The van der Waals surface area contributed by atoms with Crippen LogP contribution in [0, 0.1) is 6.92 Å². The average Bonchev–Trinajstić information content (AvgIpc) is 2.71. The highest BCUT2D eigenvalue weighted by Crippen LogP contribution is 2.15. The van der Waals surface area contributed by atoms with Crippen LogP contribution in [0.5, 0.6) is 0 Å². The van der Waals surface area contributed by atoms with Crippen molar-refractivity contribution in [1.29, 1.82) is 0 Å². The van der Waals surface area contributed by atoms with Crippen molar-refractivity contribution in [2.75, 3.05) is 5.32 Å². The number of hydrogen-bond donors (Lipinski definition) is 1. The largest absolute Gasteiger partial charge is 0.350 e. The molecule has 0 spiro atoms. The van der Waals surface area contributed by atoms with Crippen LogP contribution in [0.3, 0.4) is 0 Å². The molecule has 5 nitrogen and oxygen atoms in total. The summed E-state index contributed by atoms with van der Waals surface area (Å²) in [5.74, 6) is 0.378. The SMILES string of the molecule is Cc1cc(C(=O)N(Cc2ccccc2)C(C)C)nc(NCc2ccccc2)n1. The van der Waals surface area contributed by atoms with Gasteiger partial charge in [-0.15, -0.1) is 0 Å². The highest BCUT2D eigenvalue weighted by Gasteiger charge is 2.21. The predicted octanol–water partition coefficient (Wildman–Crippen LogP) is 4.45. The molecule has 1 amide bonds. The maximum atomic E-state index is 13.2. The lowest BCUT2D eigenvalue weighted by Crippen LogP contribution is -2.37. The number of anilines is 1. The third kappa shape index (κ3) is 5.16. The first-order chi connectivity index (χ1) is 13.5. The van der Waals surface area contributed by atoms with Crippen molar-refractivity contribution in [3.05, 3.63) is 89.2 Å². The average molecular weight is 374 g/mol. The van der Waals surface area contributed by atoms with E-state index in [4.69, 9.17) is 0 Å². The normalized spacial score (nSPS) is 10.7. The van der Waals surface area contributed by atoms with Crippen molar-refractivity contribution in [2.45, 2.75) is 39.9 Å². The van der Waals surface area contributed by atoms with Crippen LogP contribution in [0.1, 0.15) is 41.2 Å². The Hall–Kier alpha value is -3.21. The van der Waals surface area contributed by atoms with Crippen molar-refractivity contribution in [2.24, 2.45) is 0 Å². The highest BCUT2D eigenvalue weighted by atomic mass is 16.2. The Morgan fingerprint density at radius 2 is 1.57 bits per heavy atom. The van der Waals surface area contributed by atoms with E-state index < -0.39 is 0 Å². The first-order valence-corrected chi connectivity index (χ1v) is 9.51. The maximum absolute atomic E-state index is 13.2. The van der Waals surface area contributed by atoms with Crippen LogP contribution in [-0.2, 0) is 13.1 Å². The van der Waals surface area contributed by atoms with Gasteiger partial charge in [-0.05, 0) is 38.0 Å². The first kappa shape index (κ1) is 19.5. The zero-order chi connectivity index (χ0) is 19.9. The number of amides is 1. The third-order valence-corrected chi connectivity index (χ3v) is 4.45. The minimum absolute atomic E-state index is 0.0590. The Bertz CT molecular complexity index is 910. The van der Waals surface area contributed by atoms with E-state index in [-0.39, 0.29) is 11.9 Å². The number of nitrogens with one attached hydrogen (secondary N) is 1. The van der Waals surface area contributed by atoms with Gasteiger partial charge in [-0.2, -0.15) is 0 Å². The molecule has 144 valence electrons. The summed E-state index contributed by atoms with van der Waals surface area (Å²) in [6, 6.07) is 21.9. The zero-order valence-corrected chi connectivity index (χ0v) is 16.6. The van der Waals surface area contributed by atoms with E-state index >= 15 is 0 Å². The highest BCUT2D eigenvalue weighted by molar-refractivity contribution is 5.92. The second kappa shape index (κ2) is 9.13. The molecule has 0 atom stereocenters. The van der Waals surface area contributed by atoms with Crippen LogP contribution in [0.25, 0.3) is 0 Å². The fourth-order valence-electron chi connectivity index (χ4n) is 2.95. The number of rotatable bonds is 7. The summed E-state index contributed by atoms with van der Waals surface area (Å²) in [6.07, 6.45) is 0. The Balaban J connectivity index is 1.78. The molecule has 2 aromatic carbocycles. The lowest BCUT2D eigenvalue weighted by atomic mass is 10.1. The van der Waals surface area contributed by atoms with Crippen molar-refractivity contribution < 1.29 is 4.79 Å². The van der Waals surface area contributed by atoms with Gasteiger partial charge < -0.3 is 10.2 Å². The van der Waals surface area contributed by atoms with Gasteiger partial charge in [0, 0.05) is 24.8 Å². The molecule has 0 unspecified atom stereocenters. The molecule has 0 aliphatic heterocycles. The minimum Gasteiger partial charge on any atom is -0.350 e. The molecule has 0 saturated heterocycles. The maximum Gasteiger partial charge on any atom is 0.273 e. The molecule has 5 heteroatoms. The number of hydrogen-bond acceptors (Lipinski definition) is 4. The van der Waals surface area contributed by atoms with Gasteiger partial charge in [0.25, 0.3) is 5.91 Å². The Morgan fingerprint density at radius 3 is 2.18 bits per heavy atom. The fraction of sp³-hybridized carbons (Fsp3) is 0.261. The number of nitrogens with zero attached hydrogens (tertiary/aromatic N) is 3. The van der Waals surface area contributed by atoms with Crippen LogP contribution in [0.2, 0.25) is 0 Å². The molecular weight excluding hydrogens is 348 g/mol. The van der Waals surface area contributed by atoms with Gasteiger partial charge in [-0.1, -0.05) is 60.7 Å². The van der Waals surface area contributed by atoms with Crippen LogP contribution >= 0.6 is 0 Å². The smallest absolute Gasteiger partial charge is 0.273 e. The number of aryl methyl sites for hydroxylation is 1. The number of aromatic nitrogens is 2. The van der Waals surface area contributed by atoms with Crippen LogP contribution in [-0.4, -0.2) is 26.8 Å². The van der Waals surface area contributed by atoms with Gasteiger partial charge in [-0.3, -0.25) is 4.79 Å². The van der Waals surface area contributed by atoms with E-state index in [9.17, 15) is 4.79 Å². The Morgan fingerprint density at radius 1 is 0.964 bits per heavy atom. The van der Waals surface area contributed by atoms with E-state index in [2.05, 4.69) is 15.3 Å². The monoisotopic (exact) mass is 374 g/mol. The minimum atomic E-state index is -0.0906. The van der Waals surface area contributed by atoms with Gasteiger partial charge in [0.2, 0.25) is 5.95 Å². The van der Waals surface area contributed by atoms with Crippen molar-refractivity contribution >= 4 is 11.9 Å². The molecule has 1 heterocycles. The molecule has 1 aromatic heterocycles. The van der Waals surface area contributed by atoms with Gasteiger partial charge in [0.15, 0.2) is 0 Å². The summed E-state index contributed by atoms with van der Waals surface area (Å²) in [5.41, 5.74) is 3.40. The summed E-state index contributed by atoms with van der Waals surface area (Å²) in [7, 11) is 0. The lowest BCUT2D eigenvalue weighted by Gasteiger charge is -2.26. The molecule has 0 aliphatic carbocycles. The molecule has 28 heavy (non-hydrogen) atoms. The molecule has 3 rings (SSSR count). The molecule has 3 aromatic rings. The number of benzene rings is 2. The lowest BCUT2D eigenvalue weighted by molar-refractivity contribution is 0.0684. The topological polar surface area (TPSA) is 58.1 Å². The van der Waals surface area contributed by atoms with E-state index in [1.807, 2.05) is 86.3 Å². The van der Waals surface area contributed by atoms with Gasteiger partial charge in [0.05, 0.1) is 0 Å². The summed E-state index contributed by atoms with van der Waals surface area (Å²) < 4.78 is 0. The van der Waals surface area contributed by atoms with Gasteiger partial charge in [0.1, 0.15) is 5.69 Å². The van der Waals surface area contributed by atoms with Gasteiger partial charge >= 0.3 is 0 Å². The van der Waals surface area contributed by atoms with E-state index in [0.717, 1.165) is 16.8 Å². The van der Waals surface area contributed by atoms with Crippen LogP contribution < -0.4 is 5.32 Å². The van der Waals surface area contributed by atoms with E-state index in [1.165, 1.54) is 0 Å². The summed E-state index contributed by atoms with van der Waals surface area (Å²) in [6.45, 7) is 7.07. The molecule has 0 saturated carbocycles. The van der Waals surface area contributed by atoms with Crippen LogP contribution in [0.4, 0.5) is 5.95 Å². The number of carbonyl (C=O) groups excluding carboxylic acids is 1. The second-order valence-electron chi connectivity index (χ2n) is 7.07. The van der Waals surface area contributed by atoms with Crippen molar-refractivity contribution in [3.8, 4) is 0 Å². The van der Waals surface area contributed by atoms with Crippen molar-refractivity contribution in [3.63, 3.8) is 0 Å². The summed E-state index contributed by atoms with van der Waals surface area (Å²) in [5, 5.41) is 3.22. The van der Waals surface area contributed by atoms with E-state index in [0.29, 0.717) is 24.7 Å². The molecule has 0 radical (unpaired) electrons. The fourth-order valence-corrected chi connectivity index (χ4v) is 2.95. The molecule has 0 bridgehead atoms. The Labute approximate surface area is 166 Å². The molecule has 1 N–H and O–H groups in total. The van der Waals surface area contributed by atoms with Crippen LogP contribution in [0.15, 0.2) is 66.7 Å². The molecule has 0 fully saturated rings. The number of carbonyl (C=O) groups is 1. The second-order valence-corrected chi connectivity index (χ2v) is 7.07. The third-order valence-electron chi connectivity index (χ3n) is 4.45. The quantitative estimate of drug-likeness (QED) is 0.664. The predicted molar refractivity (Wildman–Crippen MR) is 112 cm³/mol. The summed E-state index contributed by atoms with van der Waals surface area (Å²) in [4.78, 5) is 23.9. The van der Waals surface area contributed by atoms with Gasteiger partial charge in [-0.25, -0.2) is 9.97 Å². The standard InChI is InChI=1S/C23H26N4O/c1-17(2)27(16-20-12-8-5-9-13-20)22(28)21-14-18(3)25-23(26-21)24-15-19-10-6-4-7-11-19/h4-14,17H,15-16H2,1-3H3,(H,24,25,26). The Kier molecular flexibility index (Phi) is 6.37. The molecule has 0 aliphatic rings. The zero-order valence-electron chi connectivity index (χ0n) is 16.6.